The van der Waals surface area contributed by atoms with E-state index in [1.54, 1.807) is 6.20 Å². The van der Waals surface area contributed by atoms with Crippen LogP contribution >= 0.6 is 11.8 Å². The summed E-state index contributed by atoms with van der Waals surface area (Å²) in [5.74, 6) is 0. The van der Waals surface area contributed by atoms with Crippen molar-refractivity contribution in [2.45, 2.75) is 11.7 Å². The van der Waals surface area contributed by atoms with Gasteiger partial charge in [-0.1, -0.05) is 6.07 Å². The number of pyridine rings is 1. The average Bonchev–Trinajstić information content (AvgIpc) is 2.18. The third-order valence-electron chi connectivity index (χ3n) is 1.78. The highest BCUT2D eigenvalue weighted by Gasteiger charge is 2.25. The topological polar surface area (TPSA) is 36.7 Å². The van der Waals surface area contributed by atoms with E-state index in [-0.39, 0.29) is 0 Å². The molecule has 0 spiro atoms. The molecule has 0 radical (unpaired) electrons. The molecule has 0 bridgehead atoms. The van der Waals surface area contributed by atoms with Gasteiger partial charge in [-0.3, -0.25) is 4.98 Å². The van der Waals surface area contributed by atoms with Crippen molar-refractivity contribution in [3.63, 3.8) is 0 Å². The van der Waals surface area contributed by atoms with Gasteiger partial charge in [-0.2, -0.15) is 5.26 Å². The maximum absolute atomic E-state index is 8.93. The summed E-state index contributed by atoms with van der Waals surface area (Å²) in [5.41, 5.74) is 0.819. The van der Waals surface area contributed by atoms with Gasteiger partial charge in [0.25, 0.3) is 0 Å². The van der Waals surface area contributed by atoms with E-state index in [4.69, 9.17) is 5.26 Å². The maximum Gasteiger partial charge on any atom is 0.141 e. The fraction of sp³-hybridized carbons (Fsp3) is 0.333. The van der Waals surface area contributed by atoms with Gasteiger partial charge < -0.3 is 0 Å². The Hall–Kier alpha value is -1.01. The summed E-state index contributed by atoms with van der Waals surface area (Å²) in [5, 5.41) is 8.93. The normalized spacial score (nSPS) is 14.8. The molecule has 1 heterocycles. The summed E-state index contributed by atoms with van der Waals surface area (Å²) in [4.78, 5) is 4.15. The molecular weight excluding hydrogens is 168 g/mol. The van der Waals surface area contributed by atoms with Crippen LogP contribution in [0.3, 0.4) is 0 Å². The second-order valence-corrected chi connectivity index (χ2v) is 3.79. The third-order valence-corrected chi connectivity index (χ3v) is 2.89. The number of rotatable bonds is 2. The molecule has 0 aliphatic carbocycles. The highest BCUT2D eigenvalue weighted by atomic mass is 32.2. The van der Waals surface area contributed by atoms with Crippen molar-refractivity contribution in [1.82, 2.24) is 4.98 Å². The lowest BCUT2D eigenvalue weighted by atomic mass is 10.1. The largest absolute Gasteiger partial charge is 0.259 e. The maximum atomic E-state index is 8.93. The standard InChI is InChI=1S/C9H10N2S/c1-9(7-10,12-2)8-5-3-4-6-11-8/h3-6H,1-2H3. The number of hydrogen-bond acceptors (Lipinski definition) is 3. The average molecular weight is 178 g/mol. The molecule has 0 aliphatic rings. The number of thioether (sulfide) groups is 1. The van der Waals surface area contributed by atoms with Crippen molar-refractivity contribution >= 4 is 11.8 Å². The molecule has 0 fully saturated rings. The van der Waals surface area contributed by atoms with Gasteiger partial charge in [0, 0.05) is 6.20 Å². The summed E-state index contributed by atoms with van der Waals surface area (Å²) in [6.45, 7) is 1.88. The zero-order valence-corrected chi connectivity index (χ0v) is 7.93. The van der Waals surface area contributed by atoms with E-state index in [9.17, 15) is 0 Å². The Kier molecular flexibility index (Phi) is 2.72. The van der Waals surface area contributed by atoms with Crippen LogP contribution in [0.2, 0.25) is 0 Å². The number of aromatic nitrogens is 1. The molecule has 1 atom stereocenters. The van der Waals surface area contributed by atoms with E-state index < -0.39 is 4.75 Å². The minimum Gasteiger partial charge on any atom is -0.259 e. The lowest BCUT2D eigenvalue weighted by Gasteiger charge is -2.16. The zero-order valence-electron chi connectivity index (χ0n) is 7.11. The van der Waals surface area contributed by atoms with Gasteiger partial charge in [-0.25, -0.2) is 0 Å². The van der Waals surface area contributed by atoms with Gasteiger partial charge in [0.1, 0.15) is 4.75 Å². The lowest BCUT2D eigenvalue weighted by Crippen LogP contribution is -2.15. The van der Waals surface area contributed by atoms with E-state index in [0.29, 0.717) is 0 Å². The Bertz CT molecular complexity index is 291. The van der Waals surface area contributed by atoms with Crippen molar-refractivity contribution in [2.75, 3.05) is 6.26 Å². The van der Waals surface area contributed by atoms with Gasteiger partial charge in [-0.05, 0) is 25.3 Å². The second-order valence-electron chi connectivity index (χ2n) is 2.56. The molecule has 1 aromatic rings. The SMILES string of the molecule is CSC(C)(C#N)c1ccccn1. The van der Waals surface area contributed by atoms with Crippen molar-refractivity contribution in [2.24, 2.45) is 0 Å². The Morgan fingerprint density at radius 1 is 1.58 bits per heavy atom. The lowest BCUT2D eigenvalue weighted by molar-refractivity contribution is 0.849. The highest BCUT2D eigenvalue weighted by Crippen LogP contribution is 2.31. The third kappa shape index (κ3) is 1.59. The van der Waals surface area contributed by atoms with Gasteiger partial charge in [0.15, 0.2) is 0 Å². The number of nitrogens with zero attached hydrogens (tertiary/aromatic N) is 2. The second kappa shape index (κ2) is 3.59. The predicted molar refractivity (Wildman–Crippen MR) is 50.7 cm³/mol. The van der Waals surface area contributed by atoms with Crippen LogP contribution in [0.15, 0.2) is 24.4 Å². The molecule has 0 saturated heterocycles. The van der Waals surface area contributed by atoms with E-state index >= 15 is 0 Å². The van der Waals surface area contributed by atoms with Crippen LogP contribution in [0.5, 0.6) is 0 Å². The number of nitriles is 1. The van der Waals surface area contributed by atoms with E-state index in [1.165, 1.54) is 11.8 Å². The van der Waals surface area contributed by atoms with Crippen LogP contribution in [0.4, 0.5) is 0 Å². The molecule has 1 aromatic heterocycles. The van der Waals surface area contributed by atoms with E-state index in [0.717, 1.165) is 5.69 Å². The van der Waals surface area contributed by atoms with Crippen LogP contribution in [-0.2, 0) is 4.75 Å². The van der Waals surface area contributed by atoms with Gasteiger partial charge >= 0.3 is 0 Å². The number of hydrogen-bond donors (Lipinski definition) is 0. The summed E-state index contributed by atoms with van der Waals surface area (Å²) >= 11 is 1.50. The molecule has 12 heavy (non-hydrogen) atoms. The highest BCUT2D eigenvalue weighted by molar-refractivity contribution is 7.99. The first-order valence-corrected chi connectivity index (χ1v) is 4.83. The van der Waals surface area contributed by atoms with Crippen LogP contribution in [0.25, 0.3) is 0 Å². The quantitative estimate of drug-likeness (QED) is 0.696. The first-order chi connectivity index (χ1) is 5.73. The first-order valence-electron chi connectivity index (χ1n) is 3.61. The Balaban J connectivity index is 3.06. The van der Waals surface area contributed by atoms with Gasteiger partial charge in [0.2, 0.25) is 0 Å². The molecule has 0 N–H and O–H groups in total. The van der Waals surface area contributed by atoms with Crippen LogP contribution in [-0.4, -0.2) is 11.2 Å². The molecule has 62 valence electrons. The fourth-order valence-electron chi connectivity index (χ4n) is 0.852. The molecule has 1 rings (SSSR count). The van der Waals surface area contributed by atoms with Gasteiger partial charge in [0.05, 0.1) is 11.8 Å². The van der Waals surface area contributed by atoms with Crippen molar-refractivity contribution in [3.8, 4) is 6.07 Å². The monoisotopic (exact) mass is 178 g/mol. The van der Waals surface area contributed by atoms with Gasteiger partial charge in [-0.15, -0.1) is 11.8 Å². The molecule has 0 aromatic carbocycles. The Morgan fingerprint density at radius 3 is 2.75 bits per heavy atom. The molecular formula is C9H10N2S. The Labute approximate surface area is 76.6 Å². The molecule has 2 nitrogen and oxygen atoms in total. The van der Waals surface area contributed by atoms with Crippen molar-refractivity contribution in [1.29, 1.82) is 5.26 Å². The van der Waals surface area contributed by atoms with Crippen molar-refractivity contribution < 1.29 is 0 Å². The fourth-order valence-corrected chi connectivity index (χ4v) is 1.27. The van der Waals surface area contributed by atoms with E-state index in [1.807, 2.05) is 31.4 Å². The zero-order chi connectivity index (χ0) is 9.03. The van der Waals surface area contributed by atoms with Crippen LogP contribution < -0.4 is 0 Å². The van der Waals surface area contributed by atoms with E-state index in [2.05, 4.69) is 11.1 Å². The van der Waals surface area contributed by atoms with Crippen molar-refractivity contribution in [3.05, 3.63) is 30.1 Å². The molecule has 3 heteroatoms. The summed E-state index contributed by atoms with van der Waals surface area (Å²) in [6, 6.07) is 7.87. The van der Waals surface area contributed by atoms with Crippen LogP contribution in [0, 0.1) is 11.3 Å². The molecule has 1 unspecified atom stereocenters. The summed E-state index contributed by atoms with van der Waals surface area (Å²) < 4.78 is -0.513. The molecule has 0 saturated carbocycles. The smallest absolute Gasteiger partial charge is 0.141 e. The minimum atomic E-state index is -0.513. The minimum absolute atomic E-state index is 0.513. The summed E-state index contributed by atoms with van der Waals surface area (Å²) in [6.07, 6.45) is 3.62. The Morgan fingerprint density at radius 2 is 2.33 bits per heavy atom. The summed E-state index contributed by atoms with van der Waals surface area (Å²) in [7, 11) is 0. The first kappa shape index (κ1) is 9.08. The predicted octanol–water partition coefficient (Wildman–Crippen LogP) is 2.18. The molecule has 0 amide bonds. The molecule has 0 aliphatic heterocycles. The van der Waals surface area contributed by atoms with Crippen LogP contribution in [0.1, 0.15) is 12.6 Å².